The van der Waals surface area contributed by atoms with E-state index < -0.39 is 0 Å². The maximum Gasteiger partial charge on any atom is 0.227 e. The Morgan fingerprint density at radius 2 is 1.55 bits per heavy atom. The number of benzene rings is 2. The minimum Gasteiger partial charge on any atom is -0.371 e. The van der Waals surface area contributed by atoms with Gasteiger partial charge in [-0.25, -0.2) is 0 Å². The van der Waals surface area contributed by atoms with E-state index in [2.05, 4.69) is 74.6 Å². The lowest BCUT2D eigenvalue weighted by Gasteiger charge is -2.27. The number of carbonyl (C=O) groups excluding carboxylic acids is 1. The average Bonchev–Trinajstić information content (AvgIpc) is 2.99. The Balaban J connectivity index is 0. The lowest BCUT2D eigenvalue weighted by Crippen LogP contribution is -2.37. The van der Waals surface area contributed by atoms with E-state index in [-0.39, 0.29) is 11.9 Å². The fraction of sp³-hybridized carbons (Fsp3) is 0.444. The van der Waals surface area contributed by atoms with Gasteiger partial charge in [0, 0.05) is 25.2 Å². The molecule has 2 atom stereocenters. The van der Waals surface area contributed by atoms with E-state index in [1.54, 1.807) is 11.6 Å². The number of hydrogen-bond acceptors (Lipinski definition) is 4. The predicted octanol–water partition coefficient (Wildman–Crippen LogP) is 8.15. The minimum atomic E-state index is 0.103. The number of thiocarbonyl (C=S) groups is 1. The van der Waals surface area contributed by atoms with Crippen LogP contribution in [-0.4, -0.2) is 57.1 Å². The number of nitrogens with one attached hydrogen (secondary N) is 2. The second kappa shape index (κ2) is 26.8. The first-order valence-corrected chi connectivity index (χ1v) is 15.3. The fourth-order valence-corrected chi connectivity index (χ4v) is 3.74. The van der Waals surface area contributed by atoms with Crippen LogP contribution in [0.1, 0.15) is 64.6 Å². The maximum absolute atomic E-state index is 12.6. The van der Waals surface area contributed by atoms with E-state index >= 15 is 0 Å². The Morgan fingerprint density at radius 1 is 1.00 bits per heavy atom. The van der Waals surface area contributed by atoms with E-state index in [0.717, 1.165) is 42.9 Å². The Morgan fingerprint density at radius 3 is 1.98 bits per heavy atom. The zero-order chi connectivity index (χ0) is 32.3. The summed E-state index contributed by atoms with van der Waals surface area (Å²) in [4.78, 5) is 16.6. The Bertz CT molecular complexity index is 1020. The molecule has 1 amide bonds. The predicted molar refractivity (Wildman–Crippen MR) is 192 cm³/mol. The van der Waals surface area contributed by atoms with Crippen LogP contribution in [0.4, 0.5) is 5.69 Å². The van der Waals surface area contributed by atoms with Gasteiger partial charge in [-0.3, -0.25) is 4.79 Å². The molecule has 2 unspecified atom stereocenters. The SMILES string of the molecule is C=C/C(=C\C)C(NC=S)c1ccccc1.C=CC.CCC(C)CC(=O)N(CCN(C)C)c1ccccc1C.CCNC. The highest BCUT2D eigenvalue weighted by atomic mass is 32.1. The zero-order valence-electron chi connectivity index (χ0n) is 27.8. The summed E-state index contributed by atoms with van der Waals surface area (Å²) in [6, 6.07) is 18.4. The van der Waals surface area contributed by atoms with Gasteiger partial charge in [0.05, 0.1) is 11.5 Å². The van der Waals surface area contributed by atoms with Crippen LogP contribution in [0.5, 0.6) is 0 Å². The largest absolute Gasteiger partial charge is 0.371 e. The number of carbonyl (C=O) groups is 1. The topological polar surface area (TPSA) is 47.6 Å². The molecule has 0 aromatic heterocycles. The van der Waals surface area contributed by atoms with E-state index in [1.165, 1.54) is 5.56 Å². The van der Waals surface area contributed by atoms with Gasteiger partial charge < -0.3 is 20.4 Å². The van der Waals surface area contributed by atoms with Crippen molar-refractivity contribution in [1.82, 2.24) is 15.5 Å². The summed E-state index contributed by atoms with van der Waals surface area (Å²) < 4.78 is 0. The number of allylic oxidation sites excluding steroid dienone is 2. The van der Waals surface area contributed by atoms with Crippen LogP contribution in [0.3, 0.4) is 0 Å². The summed E-state index contributed by atoms with van der Waals surface area (Å²) in [5.74, 6) is 0.670. The Labute approximate surface area is 263 Å². The molecular weight excluding hydrogens is 536 g/mol. The molecule has 5 nitrogen and oxygen atoms in total. The van der Waals surface area contributed by atoms with Crippen LogP contribution in [0.15, 0.2) is 91.6 Å². The van der Waals surface area contributed by atoms with Crippen molar-refractivity contribution in [2.24, 2.45) is 5.92 Å². The Hall–Kier alpha value is -3.06. The van der Waals surface area contributed by atoms with Crippen molar-refractivity contribution in [3.05, 3.63) is 103 Å². The molecule has 0 fully saturated rings. The number of amides is 1. The van der Waals surface area contributed by atoms with Gasteiger partial charge in [0.2, 0.25) is 5.91 Å². The third-order valence-corrected chi connectivity index (χ3v) is 6.46. The molecule has 0 spiro atoms. The molecule has 0 aliphatic rings. The minimum absolute atomic E-state index is 0.103. The summed E-state index contributed by atoms with van der Waals surface area (Å²) >= 11 is 4.85. The first-order chi connectivity index (χ1) is 20.1. The fourth-order valence-electron chi connectivity index (χ4n) is 3.60. The van der Waals surface area contributed by atoms with Crippen molar-refractivity contribution in [2.75, 3.05) is 45.7 Å². The maximum atomic E-state index is 12.6. The molecule has 2 aromatic rings. The molecule has 6 heteroatoms. The summed E-state index contributed by atoms with van der Waals surface area (Å²) in [6.07, 6.45) is 7.30. The van der Waals surface area contributed by atoms with Gasteiger partial charge >= 0.3 is 0 Å². The van der Waals surface area contributed by atoms with Crippen LogP contribution < -0.4 is 15.5 Å². The van der Waals surface area contributed by atoms with Crippen molar-refractivity contribution in [1.29, 1.82) is 0 Å². The number of hydrogen-bond donors (Lipinski definition) is 2. The van der Waals surface area contributed by atoms with Crippen molar-refractivity contribution in [3.8, 4) is 0 Å². The molecule has 0 heterocycles. The highest BCUT2D eigenvalue weighted by molar-refractivity contribution is 7.78. The number of nitrogens with zero attached hydrogens (tertiary/aromatic N) is 2. The lowest BCUT2D eigenvalue weighted by molar-refractivity contribution is -0.119. The highest BCUT2D eigenvalue weighted by Crippen LogP contribution is 2.22. The van der Waals surface area contributed by atoms with Crippen molar-refractivity contribution < 1.29 is 4.79 Å². The highest BCUT2D eigenvalue weighted by Gasteiger charge is 2.19. The van der Waals surface area contributed by atoms with Gasteiger partial charge in [-0.15, -0.1) is 6.58 Å². The number of aryl methyl sites for hydroxylation is 1. The smallest absolute Gasteiger partial charge is 0.227 e. The van der Waals surface area contributed by atoms with Gasteiger partial charge in [-0.2, -0.15) is 0 Å². The Kier molecular flexibility index (Phi) is 26.2. The quantitative estimate of drug-likeness (QED) is 0.139. The molecule has 2 aromatic carbocycles. The number of likely N-dealkylation sites (N-methyl/N-ethyl adjacent to an activating group) is 1. The molecule has 2 N–H and O–H groups in total. The number of anilines is 1. The second-order valence-corrected chi connectivity index (χ2v) is 10.3. The van der Waals surface area contributed by atoms with Crippen LogP contribution in [-0.2, 0) is 4.79 Å². The van der Waals surface area contributed by atoms with E-state index in [1.807, 2.05) is 88.4 Å². The molecule has 2 rings (SSSR count). The van der Waals surface area contributed by atoms with E-state index in [4.69, 9.17) is 12.2 Å². The van der Waals surface area contributed by atoms with Crippen molar-refractivity contribution in [2.45, 2.75) is 60.4 Å². The normalized spacial score (nSPS) is 11.6. The lowest BCUT2D eigenvalue weighted by atomic mass is 9.99. The van der Waals surface area contributed by atoms with Crippen molar-refractivity contribution in [3.63, 3.8) is 0 Å². The summed E-state index contributed by atoms with van der Waals surface area (Å²) in [5, 5.41) is 6.08. The molecule has 42 heavy (non-hydrogen) atoms. The summed E-state index contributed by atoms with van der Waals surface area (Å²) in [5.41, 5.74) is 6.06. The monoisotopic (exact) mass is 594 g/mol. The summed E-state index contributed by atoms with van der Waals surface area (Å²) in [7, 11) is 6.00. The van der Waals surface area contributed by atoms with Crippen LogP contribution in [0.2, 0.25) is 0 Å². The second-order valence-electron chi connectivity index (χ2n) is 10.1. The van der Waals surface area contributed by atoms with Gasteiger partial charge in [0.25, 0.3) is 0 Å². The molecule has 0 aliphatic carbocycles. The molecular formula is C36H58N4OS. The molecule has 0 saturated carbocycles. The number of para-hydroxylation sites is 1. The standard InChI is InChI=1S/C17H28N2O.C13H15NS.C3H9N.C3H6/c1-6-14(2)13-17(20)19(12-11-18(4)5)16-10-8-7-9-15(16)3;1-3-11(4-2)13(14-10-15)12-8-6-5-7-9-12;1-3-4-2;1-3-2/h7-10,14H,6,11-13H2,1-5H3;3-10,13H,1H2,2H3,(H,14,15);4H,3H2,1-2H3;3H,1H2,2H3/b;11-4+;;. The first kappa shape index (κ1) is 41.1. The number of rotatable bonds is 13. The zero-order valence-corrected chi connectivity index (χ0v) is 28.6. The van der Waals surface area contributed by atoms with Crippen LogP contribution in [0, 0.1) is 12.8 Å². The van der Waals surface area contributed by atoms with Gasteiger partial charge in [-0.05, 0) is 77.1 Å². The molecule has 234 valence electrons. The van der Waals surface area contributed by atoms with Crippen LogP contribution >= 0.6 is 12.2 Å². The van der Waals surface area contributed by atoms with Gasteiger partial charge in [0.1, 0.15) is 0 Å². The average molecular weight is 595 g/mol. The molecule has 0 saturated heterocycles. The van der Waals surface area contributed by atoms with Gasteiger partial charge in [0.15, 0.2) is 0 Å². The van der Waals surface area contributed by atoms with E-state index in [9.17, 15) is 4.79 Å². The third-order valence-electron chi connectivity index (χ3n) is 6.32. The summed E-state index contributed by atoms with van der Waals surface area (Å²) in [6.45, 7) is 22.1. The van der Waals surface area contributed by atoms with Gasteiger partial charge in [-0.1, -0.05) is 113 Å². The molecule has 0 bridgehead atoms. The van der Waals surface area contributed by atoms with Crippen molar-refractivity contribution >= 4 is 29.3 Å². The molecule has 0 aliphatic heterocycles. The van der Waals surface area contributed by atoms with E-state index in [0.29, 0.717) is 12.3 Å². The first-order valence-electron chi connectivity index (χ1n) is 14.9. The van der Waals surface area contributed by atoms with Crippen LogP contribution in [0.25, 0.3) is 0 Å². The third kappa shape index (κ3) is 18.4. The molecule has 0 radical (unpaired) electrons.